The van der Waals surface area contributed by atoms with Crippen LogP contribution in [-0.4, -0.2) is 40.1 Å². The van der Waals surface area contributed by atoms with Crippen molar-refractivity contribution in [2.24, 2.45) is 0 Å². The molecule has 0 radical (unpaired) electrons. The van der Waals surface area contributed by atoms with E-state index in [9.17, 15) is 14.7 Å². The summed E-state index contributed by atoms with van der Waals surface area (Å²) in [5.41, 5.74) is 1.71. The number of carboxylic acid groups (broad SMARTS) is 1. The molecule has 1 heterocycles. The van der Waals surface area contributed by atoms with Gasteiger partial charge in [-0.15, -0.1) is 5.10 Å². The van der Waals surface area contributed by atoms with E-state index in [0.717, 1.165) is 11.3 Å². The minimum atomic E-state index is -1.42. The summed E-state index contributed by atoms with van der Waals surface area (Å²) in [4.78, 5) is 29.8. The fraction of sp³-hybridized carbons (Fsp3) is 0.136. The van der Waals surface area contributed by atoms with E-state index in [0.29, 0.717) is 5.95 Å². The Morgan fingerprint density at radius 2 is 1.79 bits per heavy atom. The zero-order valence-electron chi connectivity index (χ0n) is 17.9. The van der Waals surface area contributed by atoms with Crippen molar-refractivity contribution in [3.8, 4) is 0 Å². The van der Waals surface area contributed by atoms with Gasteiger partial charge < -0.3 is 20.1 Å². The molecule has 164 valence electrons. The zero-order chi connectivity index (χ0) is 23.1. The maximum Gasteiger partial charge on any atom is 1.00 e. The zero-order valence-corrected chi connectivity index (χ0v) is 21.4. The molecule has 1 aromatic heterocycles. The molecule has 1 unspecified atom stereocenters. The van der Waals surface area contributed by atoms with Gasteiger partial charge in [-0.3, -0.25) is 4.79 Å². The molecule has 0 bridgehead atoms. The predicted octanol–water partition coefficient (Wildman–Crippen LogP) is -0.0979. The van der Waals surface area contributed by atoms with Crippen LogP contribution in [0.1, 0.15) is 22.3 Å². The summed E-state index contributed by atoms with van der Waals surface area (Å²) in [6.07, 6.45) is 6.45. The second-order valence-corrected chi connectivity index (χ2v) is 7.49. The first-order valence-electron chi connectivity index (χ1n) is 9.46. The van der Waals surface area contributed by atoms with Crippen molar-refractivity contribution in [3.05, 3.63) is 82.1 Å². The number of hydrogen-bond acceptors (Lipinski definition) is 7. The first-order valence-corrected chi connectivity index (χ1v) is 10.2. The van der Waals surface area contributed by atoms with Crippen molar-refractivity contribution in [1.82, 2.24) is 20.5 Å². The van der Waals surface area contributed by atoms with E-state index < -0.39 is 17.9 Å². The van der Waals surface area contributed by atoms with E-state index in [-0.39, 0.29) is 51.6 Å². The molecule has 8 nitrogen and oxygen atoms in total. The summed E-state index contributed by atoms with van der Waals surface area (Å²) < 4.78 is 0. The maximum absolute atomic E-state index is 12.4. The normalized spacial score (nSPS) is 11.5. The Bertz CT molecular complexity index is 1110. The van der Waals surface area contributed by atoms with Gasteiger partial charge in [0.1, 0.15) is 0 Å². The number of halogens is 2. The van der Waals surface area contributed by atoms with Gasteiger partial charge in [0, 0.05) is 12.7 Å². The predicted molar refractivity (Wildman–Crippen MR) is 121 cm³/mol. The van der Waals surface area contributed by atoms with Gasteiger partial charge in [-0.1, -0.05) is 53.6 Å². The van der Waals surface area contributed by atoms with Crippen molar-refractivity contribution >= 4 is 52.8 Å². The third-order valence-corrected chi connectivity index (χ3v) is 5.14. The Balaban J connectivity index is 0.00000385. The van der Waals surface area contributed by atoms with E-state index in [1.807, 2.05) is 31.3 Å². The van der Waals surface area contributed by atoms with E-state index in [2.05, 4.69) is 20.5 Å². The molecule has 1 N–H and O–H groups in total. The van der Waals surface area contributed by atoms with Crippen LogP contribution in [0.3, 0.4) is 0 Å². The Morgan fingerprint density at radius 1 is 1.12 bits per heavy atom. The third kappa shape index (κ3) is 7.25. The minimum Gasteiger partial charge on any atom is -0.548 e. The Morgan fingerprint density at radius 3 is 2.36 bits per heavy atom. The van der Waals surface area contributed by atoms with Crippen LogP contribution in [0.2, 0.25) is 10.0 Å². The largest absolute Gasteiger partial charge is 1.00 e. The number of aromatic nitrogens is 3. The monoisotopic (exact) mass is 493 g/mol. The number of rotatable bonds is 8. The fourth-order valence-corrected chi connectivity index (χ4v) is 3.39. The summed E-state index contributed by atoms with van der Waals surface area (Å²) in [7, 11) is 1.82. The fourth-order valence-electron chi connectivity index (χ4n) is 2.82. The SMILES string of the molecule is CN(c1ccc(/C=C/CC(NC(=O)c2c(Cl)cccc2Cl)C(=O)[O-])cc1)c1nccnn1.[Na+]. The Labute approximate surface area is 222 Å². The van der Waals surface area contributed by atoms with Crippen molar-refractivity contribution in [1.29, 1.82) is 0 Å². The van der Waals surface area contributed by atoms with Crippen LogP contribution in [0.5, 0.6) is 0 Å². The van der Waals surface area contributed by atoms with Gasteiger partial charge in [0.05, 0.1) is 40.0 Å². The number of nitrogens with one attached hydrogen (secondary N) is 1. The van der Waals surface area contributed by atoms with E-state index in [1.165, 1.54) is 18.3 Å². The topological polar surface area (TPSA) is 111 Å². The summed E-state index contributed by atoms with van der Waals surface area (Å²) in [5.74, 6) is -1.64. The Kier molecular flexibility index (Phi) is 10.3. The van der Waals surface area contributed by atoms with Crippen LogP contribution in [-0.2, 0) is 4.79 Å². The minimum absolute atomic E-state index is 0. The summed E-state index contributed by atoms with van der Waals surface area (Å²) >= 11 is 12.0. The van der Waals surface area contributed by atoms with Crippen LogP contribution in [0.25, 0.3) is 6.08 Å². The van der Waals surface area contributed by atoms with Gasteiger partial charge in [0.15, 0.2) is 0 Å². The van der Waals surface area contributed by atoms with Gasteiger partial charge in [-0.05, 0) is 36.2 Å². The van der Waals surface area contributed by atoms with E-state index in [4.69, 9.17) is 23.2 Å². The molecule has 1 amide bonds. The number of hydrogen-bond donors (Lipinski definition) is 1. The van der Waals surface area contributed by atoms with Gasteiger partial charge in [0.25, 0.3) is 5.91 Å². The van der Waals surface area contributed by atoms with E-state index in [1.54, 1.807) is 29.3 Å². The second kappa shape index (κ2) is 12.7. The van der Waals surface area contributed by atoms with Crippen LogP contribution in [0.4, 0.5) is 11.6 Å². The molecule has 0 saturated carbocycles. The van der Waals surface area contributed by atoms with Gasteiger partial charge >= 0.3 is 29.6 Å². The number of amides is 1. The molecule has 33 heavy (non-hydrogen) atoms. The smallest absolute Gasteiger partial charge is 0.548 e. The van der Waals surface area contributed by atoms with Crippen molar-refractivity contribution in [3.63, 3.8) is 0 Å². The summed E-state index contributed by atoms with van der Waals surface area (Å²) in [5, 5.41) is 21.9. The average molecular weight is 494 g/mol. The second-order valence-electron chi connectivity index (χ2n) is 6.67. The molecular weight excluding hydrogens is 476 g/mol. The van der Waals surface area contributed by atoms with Gasteiger partial charge in [-0.2, -0.15) is 5.10 Å². The summed E-state index contributed by atoms with van der Waals surface area (Å²) in [6, 6.07) is 10.8. The van der Waals surface area contributed by atoms with Crippen molar-refractivity contribution in [2.75, 3.05) is 11.9 Å². The Hall–Kier alpha value is -2.49. The van der Waals surface area contributed by atoms with Crippen LogP contribution in [0.15, 0.2) is 60.9 Å². The number of carboxylic acids is 1. The van der Waals surface area contributed by atoms with E-state index >= 15 is 0 Å². The first-order chi connectivity index (χ1) is 15.4. The molecule has 0 spiro atoms. The molecule has 1 atom stereocenters. The molecule has 0 aliphatic heterocycles. The number of carbonyl (C=O) groups excluding carboxylic acids is 2. The quantitative estimate of drug-likeness (QED) is 0.436. The molecule has 0 saturated heterocycles. The number of nitrogens with zero attached hydrogens (tertiary/aromatic N) is 4. The third-order valence-electron chi connectivity index (χ3n) is 4.51. The number of anilines is 2. The molecule has 0 aliphatic rings. The first kappa shape index (κ1) is 26.8. The molecular formula is C22H18Cl2N5NaO3. The van der Waals surface area contributed by atoms with Gasteiger partial charge in [0.2, 0.25) is 5.95 Å². The number of benzene rings is 2. The maximum atomic E-state index is 12.4. The summed E-state index contributed by atoms with van der Waals surface area (Å²) in [6.45, 7) is 0. The number of carbonyl (C=O) groups is 2. The van der Waals surface area contributed by atoms with Crippen LogP contribution < -0.4 is 44.9 Å². The molecule has 3 rings (SSSR count). The molecule has 11 heteroatoms. The average Bonchev–Trinajstić information content (AvgIpc) is 2.78. The van der Waals surface area contributed by atoms with Crippen LogP contribution >= 0.6 is 23.2 Å². The molecule has 3 aromatic rings. The molecule has 2 aromatic carbocycles. The molecule has 0 aliphatic carbocycles. The standard InChI is InChI=1S/C22H19Cl2N5O3.Na/c1-29(22-25-12-13-26-28-22)15-10-8-14(9-11-15)4-2-7-18(21(31)32)27-20(30)19-16(23)5-3-6-17(19)24;/h2-6,8-13,18H,7H2,1H3,(H,27,30)(H,31,32);/q;+1/p-1/b4-2+;. The van der Waals surface area contributed by atoms with Gasteiger partial charge in [-0.25, -0.2) is 4.98 Å². The number of aliphatic carboxylic acids is 1. The van der Waals surface area contributed by atoms with Crippen molar-refractivity contribution in [2.45, 2.75) is 12.5 Å². The molecule has 0 fully saturated rings. The van der Waals surface area contributed by atoms with Crippen molar-refractivity contribution < 1.29 is 44.3 Å². The van der Waals surface area contributed by atoms with Crippen LogP contribution in [0, 0.1) is 0 Å².